The quantitative estimate of drug-likeness (QED) is 0.451. The van der Waals surface area contributed by atoms with Crippen LogP contribution in [0, 0.1) is 34.4 Å². The van der Waals surface area contributed by atoms with Gasteiger partial charge >= 0.3 is 5.97 Å². The molecule has 5 rings (SSSR count). The number of carbonyl (C=O) groups excluding carboxylic acids is 2. The van der Waals surface area contributed by atoms with Crippen LogP contribution in [0.5, 0.6) is 0 Å². The Morgan fingerprint density at radius 3 is 2.50 bits per heavy atom. The summed E-state index contributed by atoms with van der Waals surface area (Å²) in [4.78, 5) is 25.1. The van der Waals surface area contributed by atoms with Crippen LogP contribution < -0.4 is 0 Å². The van der Waals surface area contributed by atoms with E-state index in [0.717, 1.165) is 51.4 Å². The zero-order valence-electron chi connectivity index (χ0n) is 18.0. The van der Waals surface area contributed by atoms with Gasteiger partial charge in [-0.25, -0.2) is 9.18 Å². The van der Waals surface area contributed by atoms with Crippen molar-refractivity contribution in [3.05, 3.63) is 47.3 Å². The summed E-state index contributed by atoms with van der Waals surface area (Å²) in [6.45, 7) is 4.63. The van der Waals surface area contributed by atoms with Crippen molar-refractivity contribution in [3.63, 3.8) is 0 Å². The van der Waals surface area contributed by atoms with E-state index in [1.165, 1.54) is 29.8 Å². The maximum Gasteiger partial charge on any atom is 0.338 e. The summed E-state index contributed by atoms with van der Waals surface area (Å²) in [5.74, 6) is 1.55. The first kappa shape index (κ1) is 20.0. The molecule has 4 aliphatic carbocycles. The third-order valence-corrected chi connectivity index (χ3v) is 9.12. The summed E-state index contributed by atoms with van der Waals surface area (Å²) in [6.07, 6.45) is 10.0. The molecule has 30 heavy (non-hydrogen) atoms. The number of carbonyl (C=O) groups is 2. The van der Waals surface area contributed by atoms with Gasteiger partial charge in [-0.2, -0.15) is 0 Å². The van der Waals surface area contributed by atoms with E-state index >= 15 is 0 Å². The lowest BCUT2D eigenvalue weighted by atomic mass is 9.48. The smallest absolute Gasteiger partial charge is 0.338 e. The summed E-state index contributed by atoms with van der Waals surface area (Å²) in [7, 11) is 0. The van der Waals surface area contributed by atoms with E-state index in [1.807, 2.05) is 0 Å². The highest BCUT2D eigenvalue weighted by atomic mass is 19.1. The number of ether oxygens (including phenoxy) is 1. The number of rotatable bonds is 2. The normalized spacial score (nSPS) is 40.1. The molecule has 6 atom stereocenters. The topological polar surface area (TPSA) is 43.4 Å². The Kier molecular flexibility index (Phi) is 4.68. The SMILES string of the molecule is C[C@]12CC[C@H](OC(=O)c3ccc(F)cc3)CC1=CCC1C2CC[C@]2(C)C(=O)CCC12. The minimum Gasteiger partial charge on any atom is -0.458 e. The van der Waals surface area contributed by atoms with Gasteiger partial charge in [-0.15, -0.1) is 0 Å². The second-order valence-electron chi connectivity index (χ2n) is 10.5. The monoisotopic (exact) mass is 410 g/mol. The van der Waals surface area contributed by atoms with Gasteiger partial charge < -0.3 is 4.74 Å². The molecule has 160 valence electrons. The fourth-order valence-corrected chi connectivity index (χ4v) is 7.30. The van der Waals surface area contributed by atoms with E-state index in [0.29, 0.717) is 29.1 Å². The number of fused-ring (bicyclic) bond motifs is 5. The van der Waals surface area contributed by atoms with Gasteiger partial charge in [0.15, 0.2) is 0 Å². The minimum absolute atomic E-state index is 0.0925. The molecule has 3 unspecified atom stereocenters. The third-order valence-electron chi connectivity index (χ3n) is 9.12. The summed E-state index contributed by atoms with van der Waals surface area (Å²) in [5.41, 5.74) is 1.92. The molecule has 0 spiro atoms. The molecule has 3 saturated carbocycles. The maximum absolute atomic E-state index is 13.1. The van der Waals surface area contributed by atoms with Gasteiger partial charge in [-0.1, -0.05) is 25.5 Å². The minimum atomic E-state index is -0.365. The number of ketones is 1. The van der Waals surface area contributed by atoms with E-state index in [9.17, 15) is 14.0 Å². The van der Waals surface area contributed by atoms with Gasteiger partial charge in [0.05, 0.1) is 5.56 Å². The highest BCUT2D eigenvalue weighted by Gasteiger charge is 2.58. The van der Waals surface area contributed by atoms with Crippen LogP contribution in [-0.2, 0) is 9.53 Å². The van der Waals surface area contributed by atoms with E-state index in [-0.39, 0.29) is 28.7 Å². The predicted molar refractivity (Wildman–Crippen MR) is 112 cm³/mol. The number of esters is 1. The largest absolute Gasteiger partial charge is 0.458 e. The van der Waals surface area contributed by atoms with Crippen molar-refractivity contribution in [1.29, 1.82) is 0 Å². The van der Waals surface area contributed by atoms with E-state index in [1.54, 1.807) is 0 Å². The Morgan fingerprint density at radius 1 is 1.03 bits per heavy atom. The molecule has 0 saturated heterocycles. The van der Waals surface area contributed by atoms with Crippen LogP contribution in [-0.4, -0.2) is 17.9 Å². The molecule has 1 aromatic carbocycles. The van der Waals surface area contributed by atoms with Crippen molar-refractivity contribution in [2.75, 3.05) is 0 Å². The predicted octanol–water partition coefficient (Wildman–Crippen LogP) is 5.88. The fourth-order valence-electron chi connectivity index (χ4n) is 7.30. The lowest BCUT2D eigenvalue weighted by molar-refractivity contribution is -0.132. The number of allylic oxidation sites excluding steroid dienone is 1. The van der Waals surface area contributed by atoms with Crippen molar-refractivity contribution in [2.24, 2.45) is 28.6 Å². The van der Waals surface area contributed by atoms with Gasteiger partial charge in [0, 0.05) is 18.3 Å². The highest BCUT2D eigenvalue weighted by Crippen LogP contribution is 2.64. The van der Waals surface area contributed by atoms with Crippen molar-refractivity contribution in [3.8, 4) is 0 Å². The highest BCUT2D eigenvalue weighted by molar-refractivity contribution is 5.89. The van der Waals surface area contributed by atoms with Gasteiger partial charge in [0.2, 0.25) is 0 Å². The average molecular weight is 411 g/mol. The van der Waals surface area contributed by atoms with Crippen LogP contribution in [0.15, 0.2) is 35.9 Å². The summed E-state index contributed by atoms with van der Waals surface area (Å²) >= 11 is 0. The Balaban J connectivity index is 1.31. The molecular formula is C26H31FO3. The average Bonchev–Trinajstić information content (AvgIpc) is 3.03. The zero-order chi connectivity index (χ0) is 21.1. The van der Waals surface area contributed by atoms with Crippen LogP contribution >= 0.6 is 0 Å². The Morgan fingerprint density at radius 2 is 1.73 bits per heavy atom. The molecule has 0 aliphatic heterocycles. The number of hydrogen-bond acceptors (Lipinski definition) is 3. The summed E-state index contributed by atoms with van der Waals surface area (Å²) in [6, 6.07) is 5.56. The molecule has 4 aliphatic rings. The second-order valence-corrected chi connectivity index (χ2v) is 10.5. The van der Waals surface area contributed by atoms with E-state index in [2.05, 4.69) is 19.9 Å². The van der Waals surface area contributed by atoms with E-state index in [4.69, 9.17) is 4.74 Å². The van der Waals surface area contributed by atoms with Crippen LogP contribution in [0.4, 0.5) is 4.39 Å². The number of hydrogen-bond donors (Lipinski definition) is 0. The first-order valence-electron chi connectivity index (χ1n) is 11.5. The fraction of sp³-hybridized carbons (Fsp3) is 0.615. The number of benzene rings is 1. The Hall–Kier alpha value is -1.97. The van der Waals surface area contributed by atoms with Crippen LogP contribution in [0.25, 0.3) is 0 Å². The molecule has 0 N–H and O–H groups in total. The molecule has 0 radical (unpaired) electrons. The lowest BCUT2D eigenvalue weighted by Crippen LogP contribution is -2.50. The number of halogens is 1. The molecule has 3 fully saturated rings. The first-order chi connectivity index (χ1) is 14.3. The molecular weight excluding hydrogens is 379 g/mol. The molecule has 0 aromatic heterocycles. The van der Waals surface area contributed by atoms with Gasteiger partial charge in [0.1, 0.15) is 17.7 Å². The standard InChI is InChI=1S/C26H31FO3/c1-25-13-11-19(30-24(29)16-3-6-18(27)7-4-16)15-17(25)5-8-20-21-9-10-23(28)26(21,2)14-12-22(20)25/h3-7,19-22H,8-15H2,1-2H3/t19-,20?,21?,22?,25-,26-/m0/s1. The maximum atomic E-state index is 13.1. The van der Waals surface area contributed by atoms with E-state index < -0.39 is 0 Å². The molecule has 0 bridgehead atoms. The Labute approximate surface area is 178 Å². The summed E-state index contributed by atoms with van der Waals surface area (Å²) in [5, 5.41) is 0. The molecule has 0 amide bonds. The molecule has 0 heterocycles. The van der Waals surface area contributed by atoms with Gasteiger partial charge in [-0.05, 0) is 86.0 Å². The van der Waals surface area contributed by atoms with Gasteiger partial charge in [-0.3, -0.25) is 4.79 Å². The number of Topliss-reactive ketones (excluding diaryl/α,β-unsaturated/α-hetero) is 1. The lowest BCUT2D eigenvalue weighted by Gasteiger charge is -2.56. The van der Waals surface area contributed by atoms with Crippen LogP contribution in [0.2, 0.25) is 0 Å². The van der Waals surface area contributed by atoms with Crippen molar-refractivity contribution >= 4 is 11.8 Å². The third kappa shape index (κ3) is 2.98. The first-order valence-corrected chi connectivity index (χ1v) is 11.5. The second kappa shape index (κ2) is 7.03. The van der Waals surface area contributed by atoms with Crippen LogP contribution in [0.1, 0.15) is 75.6 Å². The van der Waals surface area contributed by atoms with Crippen molar-refractivity contribution < 1.29 is 18.7 Å². The van der Waals surface area contributed by atoms with Gasteiger partial charge in [0.25, 0.3) is 0 Å². The summed E-state index contributed by atoms with van der Waals surface area (Å²) < 4.78 is 18.9. The van der Waals surface area contributed by atoms with Crippen molar-refractivity contribution in [1.82, 2.24) is 0 Å². The molecule has 1 aromatic rings. The van der Waals surface area contributed by atoms with Crippen LogP contribution in [0.3, 0.4) is 0 Å². The molecule has 3 nitrogen and oxygen atoms in total. The van der Waals surface area contributed by atoms with Crippen molar-refractivity contribution in [2.45, 2.75) is 71.3 Å². The zero-order valence-corrected chi connectivity index (χ0v) is 18.0. The molecule has 4 heteroatoms. The Bertz CT molecular complexity index is 903.